The first-order valence-corrected chi connectivity index (χ1v) is 3.93. The van der Waals surface area contributed by atoms with Crippen LogP contribution in [0.2, 0.25) is 0 Å². The van der Waals surface area contributed by atoms with Crippen molar-refractivity contribution in [1.29, 1.82) is 0 Å². The largest absolute Gasteiger partial charge is 0.469 e. The van der Waals surface area contributed by atoms with Crippen LogP contribution in [0.1, 0.15) is 13.3 Å². The highest BCUT2D eigenvalue weighted by Gasteiger charge is 2.31. The van der Waals surface area contributed by atoms with E-state index >= 15 is 0 Å². The van der Waals surface area contributed by atoms with Gasteiger partial charge in [0.2, 0.25) is 0 Å². The van der Waals surface area contributed by atoms with Gasteiger partial charge in [-0.05, 0) is 20.4 Å². The van der Waals surface area contributed by atoms with Gasteiger partial charge in [-0.25, -0.2) is 0 Å². The Bertz CT molecular complexity index is 148. The molecule has 3 heteroatoms. The van der Waals surface area contributed by atoms with Gasteiger partial charge in [0.15, 0.2) is 0 Å². The molecule has 0 amide bonds. The third-order valence-electron chi connectivity index (χ3n) is 2.42. The molecule has 11 heavy (non-hydrogen) atoms. The quantitative estimate of drug-likeness (QED) is 0.519. The molecule has 1 saturated heterocycles. The normalized spacial score (nSPS) is 32.3. The Balaban J connectivity index is 2.46. The van der Waals surface area contributed by atoms with E-state index in [1.165, 1.54) is 7.11 Å². The molecule has 1 heterocycles. The van der Waals surface area contributed by atoms with E-state index < -0.39 is 0 Å². The van der Waals surface area contributed by atoms with E-state index in [1.54, 1.807) is 0 Å². The van der Waals surface area contributed by atoms with Crippen LogP contribution in [0.3, 0.4) is 0 Å². The summed E-state index contributed by atoms with van der Waals surface area (Å²) < 4.78 is 4.67. The summed E-state index contributed by atoms with van der Waals surface area (Å²) in [6, 6.07) is 0.513. The Labute approximate surface area is 67.3 Å². The highest BCUT2D eigenvalue weighted by Crippen LogP contribution is 2.21. The molecule has 0 aromatic rings. The van der Waals surface area contributed by atoms with E-state index in [4.69, 9.17) is 0 Å². The molecule has 2 atom stereocenters. The van der Waals surface area contributed by atoms with Crippen molar-refractivity contribution in [1.82, 2.24) is 4.90 Å². The molecule has 0 saturated carbocycles. The maximum Gasteiger partial charge on any atom is 0.310 e. The third-order valence-corrected chi connectivity index (χ3v) is 2.42. The number of rotatable bonds is 1. The molecule has 3 nitrogen and oxygen atoms in total. The lowest BCUT2D eigenvalue weighted by Crippen LogP contribution is -2.23. The van der Waals surface area contributed by atoms with Crippen molar-refractivity contribution in [2.75, 3.05) is 20.7 Å². The molecule has 0 spiro atoms. The monoisotopic (exact) mass is 157 g/mol. The summed E-state index contributed by atoms with van der Waals surface area (Å²) in [4.78, 5) is 13.2. The zero-order chi connectivity index (χ0) is 8.43. The van der Waals surface area contributed by atoms with Crippen molar-refractivity contribution in [2.24, 2.45) is 5.92 Å². The fourth-order valence-electron chi connectivity index (χ4n) is 1.53. The van der Waals surface area contributed by atoms with Gasteiger partial charge in [0.05, 0.1) is 13.0 Å². The van der Waals surface area contributed by atoms with Crippen LogP contribution < -0.4 is 0 Å². The van der Waals surface area contributed by atoms with Gasteiger partial charge >= 0.3 is 5.97 Å². The molecule has 2 unspecified atom stereocenters. The van der Waals surface area contributed by atoms with Crippen LogP contribution in [-0.2, 0) is 9.53 Å². The number of likely N-dealkylation sites (tertiary alicyclic amines) is 1. The molecule has 0 radical (unpaired) electrons. The zero-order valence-corrected chi connectivity index (χ0v) is 7.33. The van der Waals surface area contributed by atoms with E-state index in [-0.39, 0.29) is 11.9 Å². The number of methoxy groups -OCH3 is 1. The lowest BCUT2D eigenvalue weighted by Gasteiger charge is -2.12. The van der Waals surface area contributed by atoms with Gasteiger partial charge in [-0.3, -0.25) is 4.79 Å². The Kier molecular flexibility index (Phi) is 2.49. The second kappa shape index (κ2) is 3.22. The predicted molar refractivity (Wildman–Crippen MR) is 42.2 cm³/mol. The lowest BCUT2D eigenvalue weighted by molar-refractivity contribution is -0.144. The van der Waals surface area contributed by atoms with Gasteiger partial charge in [-0.1, -0.05) is 0 Å². The smallest absolute Gasteiger partial charge is 0.310 e. The molecule has 1 rings (SSSR count). The second-order valence-electron chi connectivity index (χ2n) is 3.24. The minimum Gasteiger partial charge on any atom is -0.469 e. The molecular formula is C8H15NO2. The number of esters is 1. The van der Waals surface area contributed by atoms with Crippen LogP contribution in [0.15, 0.2) is 0 Å². The Morgan fingerprint density at radius 2 is 2.27 bits per heavy atom. The van der Waals surface area contributed by atoms with Crippen molar-refractivity contribution in [2.45, 2.75) is 19.4 Å². The van der Waals surface area contributed by atoms with Gasteiger partial charge in [-0.15, -0.1) is 0 Å². The first-order valence-electron chi connectivity index (χ1n) is 3.93. The summed E-state index contributed by atoms with van der Waals surface area (Å²) in [5.41, 5.74) is 0. The lowest BCUT2D eigenvalue weighted by atomic mass is 10.1. The summed E-state index contributed by atoms with van der Waals surface area (Å²) in [5, 5.41) is 0. The summed E-state index contributed by atoms with van der Waals surface area (Å²) in [6.45, 7) is 2.97. The van der Waals surface area contributed by atoms with E-state index in [1.807, 2.05) is 7.05 Å². The fourth-order valence-corrected chi connectivity index (χ4v) is 1.53. The number of hydrogen-bond donors (Lipinski definition) is 0. The van der Waals surface area contributed by atoms with E-state index in [9.17, 15) is 4.79 Å². The molecule has 0 N–H and O–H groups in total. The standard InChI is InChI=1S/C8H15NO2/c1-6-4-7(5-9(6)2)8(10)11-3/h6-7H,4-5H2,1-3H3. The van der Waals surface area contributed by atoms with Gasteiger partial charge in [0, 0.05) is 12.6 Å². The minimum atomic E-state index is -0.0683. The van der Waals surface area contributed by atoms with Crippen molar-refractivity contribution >= 4 is 5.97 Å². The highest BCUT2D eigenvalue weighted by molar-refractivity contribution is 5.72. The van der Waals surface area contributed by atoms with Crippen molar-refractivity contribution in [3.63, 3.8) is 0 Å². The Morgan fingerprint density at radius 3 is 2.64 bits per heavy atom. The molecule has 1 fully saturated rings. The molecule has 1 aliphatic heterocycles. The first-order chi connectivity index (χ1) is 5.15. The summed E-state index contributed by atoms with van der Waals surface area (Å²) in [7, 11) is 3.49. The summed E-state index contributed by atoms with van der Waals surface area (Å²) >= 11 is 0. The van der Waals surface area contributed by atoms with E-state index in [2.05, 4.69) is 16.6 Å². The molecular weight excluding hydrogens is 142 g/mol. The number of carbonyl (C=O) groups is 1. The summed E-state index contributed by atoms with van der Waals surface area (Å²) in [6.07, 6.45) is 0.934. The van der Waals surface area contributed by atoms with Crippen LogP contribution in [0.4, 0.5) is 0 Å². The Morgan fingerprint density at radius 1 is 1.64 bits per heavy atom. The Hall–Kier alpha value is -0.570. The number of hydrogen-bond acceptors (Lipinski definition) is 3. The van der Waals surface area contributed by atoms with Crippen LogP contribution >= 0.6 is 0 Å². The number of nitrogens with zero attached hydrogens (tertiary/aromatic N) is 1. The van der Waals surface area contributed by atoms with Crippen molar-refractivity contribution in [3.8, 4) is 0 Å². The molecule has 0 aromatic heterocycles. The van der Waals surface area contributed by atoms with E-state index in [0.717, 1.165) is 13.0 Å². The average Bonchev–Trinajstić information content (AvgIpc) is 2.31. The van der Waals surface area contributed by atoms with Crippen LogP contribution in [0.5, 0.6) is 0 Å². The van der Waals surface area contributed by atoms with Crippen LogP contribution in [-0.4, -0.2) is 37.6 Å². The van der Waals surface area contributed by atoms with Crippen LogP contribution in [0.25, 0.3) is 0 Å². The third kappa shape index (κ3) is 1.71. The van der Waals surface area contributed by atoms with Crippen LogP contribution in [0, 0.1) is 5.92 Å². The fraction of sp³-hybridized carbons (Fsp3) is 0.875. The van der Waals surface area contributed by atoms with Gasteiger partial charge in [-0.2, -0.15) is 0 Å². The molecule has 0 aliphatic carbocycles. The number of ether oxygens (including phenoxy) is 1. The van der Waals surface area contributed by atoms with Gasteiger partial charge < -0.3 is 9.64 Å². The predicted octanol–water partition coefficient (Wildman–Crippen LogP) is 0.500. The van der Waals surface area contributed by atoms with Crippen molar-refractivity contribution in [3.05, 3.63) is 0 Å². The summed E-state index contributed by atoms with van der Waals surface area (Å²) in [5.74, 6) is 0.0289. The highest BCUT2D eigenvalue weighted by atomic mass is 16.5. The second-order valence-corrected chi connectivity index (χ2v) is 3.24. The molecule has 0 bridgehead atoms. The maximum atomic E-state index is 11.1. The zero-order valence-electron chi connectivity index (χ0n) is 7.33. The van der Waals surface area contributed by atoms with Gasteiger partial charge in [0.1, 0.15) is 0 Å². The topological polar surface area (TPSA) is 29.5 Å². The molecule has 0 aromatic carbocycles. The minimum absolute atomic E-state index is 0.0683. The average molecular weight is 157 g/mol. The molecule has 64 valence electrons. The SMILES string of the molecule is COC(=O)C1CC(C)N(C)C1. The molecule has 1 aliphatic rings. The first kappa shape index (κ1) is 8.53. The van der Waals surface area contributed by atoms with Crippen molar-refractivity contribution < 1.29 is 9.53 Å². The number of carbonyl (C=O) groups excluding carboxylic acids is 1. The maximum absolute atomic E-state index is 11.1. The van der Waals surface area contributed by atoms with Gasteiger partial charge in [0.25, 0.3) is 0 Å². The van der Waals surface area contributed by atoms with E-state index in [0.29, 0.717) is 6.04 Å².